The molecule has 0 amide bonds. The van der Waals surface area contributed by atoms with Crippen LogP contribution < -0.4 is 10.1 Å². The summed E-state index contributed by atoms with van der Waals surface area (Å²) in [5, 5.41) is 3.53. The number of nitrogens with one attached hydrogen (secondary N) is 1. The molecule has 0 aromatic heterocycles. The van der Waals surface area contributed by atoms with E-state index < -0.39 is 0 Å². The highest BCUT2D eigenvalue weighted by Gasteiger charge is 2.20. The van der Waals surface area contributed by atoms with Crippen LogP contribution in [-0.2, 0) is 6.42 Å². The summed E-state index contributed by atoms with van der Waals surface area (Å²) in [6.45, 7) is 7.90. The van der Waals surface area contributed by atoms with E-state index in [1.54, 1.807) is 0 Å². The molecule has 2 heteroatoms. The average Bonchev–Trinajstić information content (AvgIpc) is 2.47. The summed E-state index contributed by atoms with van der Waals surface area (Å²) in [4.78, 5) is 0. The van der Waals surface area contributed by atoms with E-state index >= 15 is 0 Å². The van der Waals surface area contributed by atoms with Gasteiger partial charge in [-0.05, 0) is 69.2 Å². The molecule has 1 aliphatic carbocycles. The lowest BCUT2D eigenvalue weighted by Crippen LogP contribution is -2.28. The summed E-state index contributed by atoms with van der Waals surface area (Å²) in [5.41, 5.74) is 1.38. The van der Waals surface area contributed by atoms with Crippen molar-refractivity contribution in [3.05, 3.63) is 29.8 Å². The van der Waals surface area contributed by atoms with Crippen LogP contribution in [0.1, 0.15) is 58.4 Å². The quantitative estimate of drug-likeness (QED) is 0.793. The van der Waals surface area contributed by atoms with Crippen LogP contribution in [0.2, 0.25) is 0 Å². The lowest BCUT2D eigenvalue weighted by Gasteiger charge is -2.27. The molecular weight excluding hydrogens is 258 g/mol. The smallest absolute Gasteiger partial charge is 0.119 e. The maximum atomic E-state index is 6.13. The van der Waals surface area contributed by atoms with E-state index in [1.165, 1.54) is 37.7 Å². The normalized spacial score (nSPS) is 23.8. The van der Waals surface area contributed by atoms with Crippen molar-refractivity contribution in [2.45, 2.75) is 71.4 Å². The molecule has 2 rings (SSSR count). The van der Waals surface area contributed by atoms with Gasteiger partial charge in [0.25, 0.3) is 0 Å². The Morgan fingerprint density at radius 1 is 1.24 bits per heavy atom. The van der Waals surface area contributed by atoms with Crippen molar-refractivity contribution < 1.29 is 4.74 Å². The first-order valence-electron chi connectivity index (χ1n) is 8.66. The van der Waals surface area contributed by atoms with Crippen LogP contribution in [0.4, 0.5) is 0 Å². The Labute approximate surface area is 130 Å². The zero-order valence-electron chi connectivity index (χ0n) is 13.9. The SMILES string of the molecule is CCCNC(C)Cc1ccc(OC2CCCC(C)C2)cc1. The van der Waals surface area contributed by atoms with Crippen LogP contribution in [0.3, 0.4) is 0 Å². The van der Waals surface area contributed by atoms with Gasteiger partial charge in [-0.2, -0.15) is 0 Å². The van der Waals surface area contributed by atoms with Crippen molar-refractivity contribution in [1.82, 2.24) is 5.32 Å². The Morgan fingerprint density at radius 2 is 2.00 bits per heavy atom. The predicted molar refractivity (Wildman–Crippen MR) is 89.9 cm³/mol. The second-order valence-corrected chi connectivity index (χ2v) is 6.71. The molecule has 1 fully saturated rings. The minimum Gasteiger partial charge on any atom is -0.490 e. The third-order valence-electron chi connectivity index (χ3n) is 4.40. The van der Waals surface area contributed by atoms with Crippen LogP contribution in [0, 0.1) is 5.92 Å². The van der Waals surface area contributed by atoms with Gasteiger partial charge in [-0.3, -0.25) is 0 Å². The number of ether oxygens (including phenoxy) is 1. The Hall–Kier alpha value is -1.02. The maximum absolute atomic E-state index is 6.13. The van der Waals surface area contributed by atoms with E-state index in [0.717, 1.165) is 24.6 Å². The zero-order valence-corrected chi connectivity index (χ0v) is 13.9. The fourth-order valence-corrected chi connectivity index (χ4v) is 3.20. The summed E-state index contributed by atoms with van der Waals surface area (Å²) in [6.07, 6.45) is 7.79. The van der Waals surface area contributed by atoms with Crippen LogP contribution in [0.25, 0.3) is 0 Å². The number of hydrogen-bond acceptors (Lipinski definition) is 2. The van der Waals surface area contributed by atoms with Gasteiger partial charge in [-0.15, -0.1) is 0 Å². The molecule has 1 aromatic carbocycles. The van der Waals surface area contributed by atoms with E-state index in [2.05, 4.69) is 50.4 Å². The van der Waals surface area contributed by atoms with E-state index in [-0.39, 0.29) is 0 Å². The van der Waals surface area contributed by atoms with Crippen LogP contribution in [-0.4, -0.2) is 18.7 Å². The molecule has 0 heterocycles. The number of rotatable bonds is 7. The lowest BCUT2D eigenvalue weighted by atomic mass is 9.89. The van der Waals surface area contributed by atoms with E-state index in [9.17, 15) is 0 Å². The van der Waals surface area contributed by atoms with E-state index in [4.69, 9.17) is 4.74 Å². The average molecular weight is 289 g/mol. The van der Waals surface area contributed by atoms with Gasteiger partial charge in [0.1, 0.15) is 5.75 Å². The molecule has 1 aliphatic rings. The number of benzene rings is 1. The largest absolute Gasteiger partial charge is 0.490 e. The zero-order chi connectivity index (χ0) is 15.1. The van der Waals surface area contributed by atoms with E-state index in [1.807, 2.05) is 0 Å². The summed E-state index contributed by atoms with van der Waals surface area (Å²) in [5.74, 6) is 1.85. The highest BCUT2D eigenvalue weighted by Crippen LogP contribution is 2.27. The van der Waals surface area contributed by atoms with Gasteiger partial charge < -0.3 is 10.1 Å². The number of hydrogen-bond donors (Lipinski definition) is 1. The van der Waals surface area contributed by atoms with Gasteiger partial charge >= 0.3 is 0 Å². The molecule has 1 N–H and O–H groups in total. The lowest BCUT2D eigenvalue weighted by molar-refractivity contribution is 0.129. The van der Waals surface area contributed by atoms with Gasteiger partial charge in [0.2, 0.25) is 0 Å². The molecule has 118 valence electrons. The molecule has 1 saturated carbocycles. The first-order valence-corrected chi connectivity index (χ1v) is 8.66. The van der Waals surface area contributed by atoms with E-state index in [0.29, 0.717) is 12.1 Å². The highest BCUT2D eigenvalue weighted by atomic mass is 16.5. The molecule has 0 saturated heterocycles. The molecule has 0 spiro atoms. The summed E-state index contributed by atoms with van der Waals surface area (Å²) < 4.78 is 6.13. The van der Waals surface area contributed by atoms with Crippen molar-refractivity contribution in [3.8, 4) is 5.75 Å². The molecule has 0 radical (unpaired) electrons. The van der Waals surface area contributed by atoms with Crippen LogP contribution in [0.15, 0.2) is 24.3 Å². The fraction of sp³-hybridized carbons (Fsp3) is 0.684. The molecule has 21 heavy (non-hydrogen) atoms. The molecule has 0 bridgehead atoms. The van der Waals surface area contributed by atoms with Crippen molar-refractivity contribution in [1.29, 1.82) is 0 Å². The molecule has 0 aliphatic heterocycles. The molecule has 1 aromatic rings. The van der Waals surface area contributed by atoms with Crippen molar-refractivity contribution in [2.24, 2.45) is 5.92 Å². The third kappa shape index (κ3) is 5.70. The summed E-state index contributed by atoms with van der Waals surface area (Å²) >= 11 is 0. The predicted octanol–water partition coefficient (Wildman–Crippen LogP) is 4.57. The topological polar surface area (TPSA) is 21.3 Å². The fourth-order valence-electron chi connectivity index (χ4n) is 3.20. The molecule has 3 unspecified atom stereocenters. The Bertz CT molecular complexity index is 401. The monoisotopic (exact) mass is 289 g/mol. The van der Waals surface area contributed by atoms with Gasteiger partial charge in [-0.25, -0.2) is 0 Å². The highest BCUT2D eigenvalue weighted by molar-refractivity contribution is 5.28. The van der Waals surface area contributed by atoms with Gasteiger partial charge in [-0.1, -0.05) is 32.4 Å². The van der Waals surface area contributed by atoms with Crippen LogP contribution >= 0.6 is 0 Å². The Morgan fingerprint density at radius 3 is 2.67 bits per heavy atom. The summed E-state index contributed by atoms with van der Waals surface area (Å²) in [6, 6.07) is 9.25. The van der Waals surface area contributed by atoms with Crippen molar-refractivity contribution in [2.75, 3.05) is 6.54 Å². The first-order chi connectivity index (χ1) is 10.2. The minimum absolute atomic E-state index is 0.421. The van der Waals surface area contributed by atoms with Crippen molar-refractivity contribution >= 4 is 0 Å². The second kappa shape index (κ2) is 8.43. The van der Waals surface area contributed by atoms with Gasteiger partial charge in [0, 0.05) is 6.04 Å². The molecule has 2 nitrogen and oxygen atoms in total. The van der Waals surface area contributed by atoms with Crippen LogP contribution in [0.5, 0.6) is 5.75 Å². The summed E-state index contributed by atoms with van der Waals surface area (Å²) in [7, 11) is 0. The first kappa shape index (κ1) is 16.4. The standard InChI is InChI=1S/C19H31NO/c1-4-12-20-16(3)14-17-8-10-18(11-9-17)21-19-7-5-6-15(2)13-19/h8-11,15-16,19-20H,4-7,12-14H2,1-3H3. The van der Waals surface area contributed by atoms with Gasteiger partial charge in [0.15, 0.2) is 0 Å². The Balaban J connectivity index is 1.81. The third-order valence-corrected chi connectivity index (χ3v) is 4.40. The van der Waals surface area contributed by atoms with Crippen molar-refractivity contribution in [3.63, 3.8) is 0 Å². The second-order valence-electron chi connectivity index (χ2n) is 6.71. The molecule has 3 atom stereocenters. The minimum atomic E-state index is 0.421. The van der Waals surface area contributed by atoms with Gasteiger partial charge in [0.05, 0.1) is 6.10 Å². The molecular formula is C19H31NO. The Kier molecular flexibility index (Phi) is 6.56. The maximum Gasteiger partial charge on any atom is 0.119 e.